The number of aryl methyl sites for hydroxylation is 1. The maximum atomic E-state index is 5.92. The van der Waals surface area contributed by atoms with Gasteiger partial charge in [0.1, 0.15) is 0 Å². The van der Waals surface area contributed by atoms with Crippen LogP contribution >= 0.6 is 0 Å². The Morgan fingerprint density at radius 2 is 2.43 bits per heavy atom. The van der Waals surface area contributed by atoms with Gasteiger partial charge in [0.15, 0.2) is 0 Å². The number of nitrogens with two attached hydrogens (primary N) is 1. The summed E-state index contributed by atoms with van der Waals surface area (Å²) in [4.78, 5) is 0. The molecule has 1 aliphatic carbocycles. The Bertz CT molecular complexity index is 294. The summed E-state index contributed by atoms with van der Waals surface area (Å²) in [6.45, 7) is 0. The van der Waals surface area contributed by atoms with Crippen molar-refractivity contribution in [2.24, 2.45) is 12.8 Å². The highest BCUT2D eigenvalue weighted by molar-refractivity contribution is 5.39. The molecule has 4 nitrogen and oxygen atoms in total. The van der Waals surface area contributed by atoms with Gasteiger partial charge in [-0.3, -0.25) is 4.68 Å². The molecule has 2 atom stereocenters. The maximum Gasteiger partial charge on any atom is 0.0728 e. The molecule has 2 unspecified atom stereocenters. The summed E-state index contributed by atoms with van der Waals surface area (Å²) in [5.41, 5.74) is 7.03. The predicted molar refractivity (Wildman–Crippen MR) is 57.1 cm³/mol. The van der Waals surface area contributed by atoms with Gasteiger partial charge in [-0.1, -0.05) is 0 Å². The second-order valence-corrected chi connectivity index (χ2v) is 4.17. The summed E-state index contributed by atoms with van der Waals surface area (Å²) in [6.07, 6.45) is 8.57. The Kier molecular flexibility index (Phi) is 2.72. The fraction of sp³-hybridized carbons (Fsp3) is 0.700. The summed E-state index contributed by atoms with van der Waals surface area (Å²) in [7, 11) is 1.93. The minimum atomic E-state index is 0.373. The third-order valence-electron chi connectivity index (χ3n) is 2.79. The Balaban J connectivity index is 1.90. The molecule has 78 valence electrons. The summed E-state index contributed by atoms with van der Waals surface area (Å²) in [5.74, 6) is 0. The van der Waals surface area contributed by atoms with Crippen molar-refractivity contribution in [1.82, 2.24) is 9.78 Å². The van der Waals surface area contributed by atoms with E-state index in [1.807, 2.05) is 24.1 Å². The van der Waals surface area contributed by atoms with Crippen LogP contribution < -0.4 is 11.1 Å². The predicted octanol–water partition coefficient (Wildman–Crippen LogP) is 1.10. The zero-order chi connectivity index (χ0) is 9.97. The van der Waals surface area contributed by atoms with Gasteiger partial charge in [0.25, 0.3) is 0 Å². The second-order valence-electron chi connectivity index (χ2n) is 4.17. The van der Waals surface area contributed by atoms with Crippen LogP contribution in [0.25, 0.3) is 0 Å². The van der Waals surface area contributed by atoms with Crippen molar-refractivity contribution in [2.75, 3.05) is 5.32 Å². The molecule has 0 amide bonds. The third-order valence-corrected chi connectivity index (χ3v) is 2.79. The van der Waals surface area contributed by atoms with Crippen LogP contribution in [0.5, 0.6) is 0 Å². The first-order valence-corrected chi connectivity index (χ1v) is 5.25. The van der Waals surface area contributed by atoms with Gasteiger partial charge in [-0.2, -0.15) is 5.10 Å². The molecule has 14 heavy (non-hydrogen) atoms. The van der Waals surface area contributed by atoms with E-state index in [0.717, 1.165) is 12.1 Å². The SMILES string of the molecule is Cn1cc(NC2CCCC(N)C2)cn1. The molecule has 0 aromatic carbocycles. The summed E-state index contributed by atoms with van der Waals surface area (Å²) in [6, 6.07) is 0.904. The molecule has 0 bridgehead atoms. The van der Waals surface area contributed by atoms with E-state index >= 15 is 0 Å². The molecule has 4 heteroatoms. The number of anilines is 1. The summed E-state index contributed by atoms with van der Waals surface area (Å²) in [5, 5.41) is 7.59. The molecule has 1 aliphatic rings. The van der Waals surface area contributed by atoms with Gasteiger partial charge < -0.3 is 11.1 Å². The molecular formula is C10H18N4. The molecular weight excluding hydrogens is 176 g/mol. The molecule has 0 radical (unpaired) electrons. The number of hydrogen-bond acceptors (Lipinski definition) is 3. The van der Waals surface area contributed by atoms with Gasteiger partial charge in [-0.25, -0.2) is 0 Å². The van der Waals surface area contributed by atoms with Crippen LogP contribution in [0.1, 0.15) is 25.7 Å². The van der Waals surface area contributed by atoms with Crippen molar-refractivity contribution in [3.05, 3.63) is 12.4 Å². The molecule has 1 aromatic rings. The van der Waals surface area contributed by atoms with Crippen LogP contribution in [0.2, 0.25) is 0 Å². The Labute approximate surface area is 84.5 Å². The molecule has 3 N–H and O–H groups in total. The quantitative estimate of drug-likeness (QED) is 0.741. The summed E-state index contributed by atoms with van der Waals surface area (Å²) >= 11 is 0. The van der Waals surface area contributed by atoms with Gasteiger partial charge in [0.05, 0.1) is 11.9 Å². The zero-order valence-corrected chi connectivity index (χ0v) is 8.61. The first-order valence-electron chi connectivity index (χ1n) is 5.25. The smallest absolute Gasteiger partial charge is 0.0728 e. The molecule has 0 saturated heterocycles. The largest absolute Gasteiger partial charge is 0.380 e. The van der Waals surface area contributed by atoms with Crippen molar-refractivity contribution >= 4 is 5.69 Å². The van der Waals surface area contributed by atoms with Crippen molar-refractivity contribution in [3.63, 3.8) is 0 Å². The number of hydrogen-bond donors (Lipinski definition) is 2. The lowest BCUT2D eigenvalue weighted by molar-refractivity contribution is 0.409. The van der Waals surface area contributed by atoms with Crippen LogP contribution in [0.4, 0.5) is 5.69 Å². The Hall–Kier alpha value is -1.03. The van der Waals surface area contributed by atoms with Crippen LogP contribution in [-0.4, -0.2) is 21.9 Å². The minimum absolute atomic E-state index is 0.373. The number of nitrogens with one attached hydrogen (secondary N) is 1. The van der Waals surface area contributed by atoms with Crippen molar-refractivity contribution in [2.45, 2.75) is 37.8 Å². The topological polar surface area (TPSA) is 55.9 Å². The van der Waals surface area contributed by atoms with Crippen LogP contribution in [-0.2, 0) is 7.05 Å². The average Bonchev–Trinajstić information content (AvgIpc) is 2.51. The van der Waals surface area contributed by atoms with Crippen molar-refractivity contribution < 1.29 is 0 Å². The van der Waals surface area contributed by atoms with E-state index < -0.39 is 0 Å². The lowest BCUT2D eigenvalue weighted by Crippen LogP contribution is -2.34. The van der Waals surface area contributed by atoms with E-state index in [9.17, 15) is 0 Å². The first-order chi connectivity index (χ1) is 6.74. The molecule has 1 aromatic heterocycles. The Morgan fingerprint density at radius 3 is 3.07 bits per heavy atom. The lowest BCUT2D eigenvalue weighted by Gasteiger charge is -2.27. The standard InChI is InChI=1S/C10H18N4/c1-14-7-10(6-12-14)13-9-4-2-3-8(11)5-9/h6-9,13H,2-5,11H2,1H3. The van der Waals surface area contributed by atoms with E-state index in [1.165, 1.54) is 19.3 Å². The minimum Gasteiger partial charge on any atom is -0.380 e. The normalized spacial score (nSPS) is 27.6. The Morgan fingerprint density at radius 1 is 1.57 bits per heavy atom. The number of rotatable bonds is 2. The van der Waals surface area contributed by atoms with Crippen LogP contribution in [0.15, 0.2) is 12.4 Å². The van der Waals surface area contributed by atoms with Gasteiger partial charge in [0.2, 0.25) is 0 Å². The second kappa shape index (κ2) is 4.00. The molecule has 1 saturated carbocycles. The van der Waals surface area contributed by atoms with Gasteiger partial charge in [-0.05, 0) is 25.7 Å². The zero-order valence-electron chi connectivity index (χ0n) is 8.61. The number of nitrogens with zero attached hydrogens (tertiary/aromatic N) is 2. The maximum absolute atomic E-state index is 5.92. The lowest BCUT2D eigenvalue weighted by atomic mass is 9.91. The molecule has 1 heterocycles. The first kappa shape index (κ1) is 9.52. The van der Waals surface area contributed by atoms with Gasteiger partial charge in [-0.15, -0.1) is 0 Å². The van der Waals surface area contributed by atoms with Crippen LogP contribution in [0, 0.1) is 0 Å². The fourth-order valence-electron chi connectivity index (χ4n) is 2.09. The highest BCUT2D eigenvalue weighted by Gasteiger charge is 2.18. The van der Waals surface area contributed by atoms with E-state index in [-0.39, 0.29) is 0 Å². The monoisotopic (exact) mass is 194 g/mol. The van der Waals surface area contributed by atoms with Crippen molar-refractivity contribution in [1.29, 1.82) is 0 Å². The third kappa shape index (κ3) is 2.26. The summed E-state index contributed by atoms with van der Waals surface area (Å²) < 4.78 is 1.81. The fourth-order valence-corrected chi connectivity index (χ4v) is 2.09. The molecule has 0 aliphatic heterocycles. The highest BCUT2D eigenvalue weighted by Crippen LogP contribution is 2.20. The van der Waals surface area contributed by atoms with Crippen LogP contribution in [0.3, 0.4) is 0 Å². The molecule has 0 spiro atoms. The van der Waals surface area contributed by atoms with Gasteiger partial charge >= 0.3 is 0 Å². The van der Waals surface area contributed by atoms with Gasteiger partial charge in [0, 0.05) is 25.3 Å². The van der Waals surface area contributed by atoms with E-state index in [4.69, 9.17) is 5.73 Å². The molecule has 2 rings (SSSR count). The van der Waals surface area contributed by atoms with E-state index in [1.54, 1.807) is 0 Å². The van der Waals surface area contributed by atoms with E-state index in [2.05, 4.69) is 10.4 Å². The van der Waals surface area contributed by atoms with E-state index in [0.29, 0.717) is 12.1 Å². The van der Waals surface area contributed by atoms with Crippen molar-refractivity contribution in [3.8, 4) is 0 Å². The molecule has 1 fully saturated rings. The number of aromatic nitrogens is 2. The average molecular weight is 194 g/mol. The highest BCUT2D eigenvalue weighted by atomic mass is 15.3.